The van der Waals surface area contributed by atoms with Crippen LogP contribution in [-0.4, -0.2) is 70.3 Å². The minimum atomic E-state index is -0.604. The Hall–Kier alpha value is -4.35. The van der Waals surface area contributed by atoms with Crippen molar-refractivity contribution >= 4 is 23.6 Å². The molecule has 0 saturated carbocycles. The molecular weight excluding hydrogens is 497 g/mol. The highest BCUT2D eigenvalue weighted by Crippen LogP contribution is 2.21. The largest absolute Gasteiger partial charge is 0.486 e. The summed E-state index contributed by atoms with van der Waals surface area (Å²) in [5.41, 5.74) is 0.985. The van der Waals surface area contributed by atoms with Crippen LogP contribution in [0.25, 0.3) is 0 Å². The Morgan fingerprint density at radius 2 is 1.76 bits per heavy atom. The van der Waals surface area contributed by atoms with Gasteiger partial charge >= 0.3 is 6.09 Å². The molecule has 12 heteroatoms. The van der Waals surface area contributed by atoms with Crippen molar-refractivity contribution in [2.45, 2.75) is 33.4 Å². The fourth-order valence-corrected chi connectivity index (χ4v) is 3.95. The SMILES string of the molecule is CCOC(=O)N1CCN(C(=O)C(C)n2cc(NC(=O)c3ccc(COc4ccc(F)cc4)o3)c(C)n2)CC1. The molecule has 1 saturated heterocycles. The first kappa shape index (κ1) is 26.7. The predicted molar refractivity (Wildman–Crippen MR) is 134 cm³/mol. The van der Waals surface area contributed by atoms with Gasteiger partial charge in [-0.05, 0) is 57.2 Å². The number of nitrogens with one attached hydrogen (secondary N) is 1. The second-order valence-electron chi connectivity index (χ2n) is 8.76. The van der Waals surface area contributed by atoms with Crippen molar-refractivity contribution in [3.05, 3.63) is 65.6 Å². The molecule has 0 radical (unpaired) electrons. The van der Waals surface area contributed by atoms with Gasteiger partial charge in [0.1, 0.15) is 30.0 Å². The second kappa shape index (κ2) is 11.8. The number of rotatable bonds is 8. The van der Waals surface area contributed by atoms with E-state index in [0.29, 0.717) is 55.7 Å². The summed E-state index contributed by atoms with van der Waals surface area (Å²) in [5.74, 6) is 0.00928. The maximum atomic E-state index is 13.0. The van der Waals surface area contributed by atoms with Crippen molar-refractivity contribution < 1.29 is 32.7 Å². The Morgan fingerprint density at radius 3 is 2.45 bits per heavy atom. The first-order valence-corrected chi connectivity index (χ1v) is 12.3. The van der Waals surface area contributed by atoms with Crippen molar-refractivity contribution in [3.8, 4) is 5.75 Å². The van der Waals surface area contributed by atoms with Crippen LogP contribution < -0.4 is 10.1 Å². The van der Waals surface area contributed by atoms with E-state index in [0.717, 1.165) is 0 Å². The maximum absolute atomic E-state index is 13.0. The number of ether oxygens (including phenoxy) is 2. The lowest BCUT2D eigenvalue weighted by Gasteiger charge is -2.35. The number of nitrogens with zero attached hydrogens (tertiary/aromatic N) is 4. The van der Waals surface area contributed by atoms with Crippen molar-refractivity contribution in [2.24, 2.45) is 0 Å². The first-order chi connectivity index (χ1) is 18.2. The number of piperazine rings is 1. The molecule has 3 heterocycles. The molecule has 1 aliphatic rings. The highest BCUT2D eigenvalue weighted by Gasteiger charge is 2.29. The summed E-state index contributed by atoms with van der Waals surface area (Å²) in [5, 5.41) is 7.17. The molecule has 1 aliphatic heterocycles. The molecule has 1 aromatic carbocycles. The standard InChI is InChI=1S/C26H30FN5O6/c1-4-36-26(35)31-13-11-30(12-14-31)25(34)18(3)32-15-22(17(2)29-32)28-24(33)23-10-9-21(38-23)16-37-20-7-5-19(27)6-8-20/h5-10,15,18H,4,11-14,16H2,1-3H3,(H,28,33). The van der Waals surface area contributed by atoms with Crippen LogP contribution in [0.15, 0.2) is 47.0 Å². The van der Waals surface area contributed by atoms with Crippen molar-refractivity contribution in [3.63, 3.8) is 0 Å². The summed E-state index contributed by atoms with van der Waals surface area (Å²) < 4.78 is 30.7. The lowest BCUT2D eigenvalue weighted by Crippen LogP contribution is -2.52. The van der Waals surface area contributed by atoms with Crippen LogP contribution in [-0.2, 0) is 16.1 Å². The molecule has 0 bridgehead atoms. The van der Waals surface area contributed by atoms with Gasteiger partial charge in [-0.25, -0.2) is 9.18 Å². The van der Waals surface area contributed by atoms with E-state index >= 15 is 0 Å². The van der Waals surface area contributed by atoms with Crippen molar-refractivity contribution in [2.75, 3.05) is 38.1 Å². The molecule has 202 valence electrons. The quantitative estimate of drug-likeness (QED) is 0.475. The number of halogens is 1. The van der Waals surface area contributed by atoms with E-state index in [1.54, 1.807) is 42.8 Å². The van der Waals surface area contributed by atoms with Gasteiger partial charge < -0.3 is 29.0 Å². The van der Waals surface area contributed by atoms with Crippen LogP contribution in [0.4, 0.5) is 14.9 Å². The summed E-state index contributed by atoms with van der Waals surface area (Å²) in [6.45, 7) is 7.19. The molecule has 0 aliphatic carbocycles. The second-order valence-corrected chi connectivity index (χ2v) is 8.76. The zero-order valence-corrected chi connectivity index (χ0v) is 21.5. The molecule has 1 atom stereocenters. The molecule has 4 rings (SSSR count). The highest BCUT2D eigenvalue weighted by atomic mass is 19.1. The topological polar surface area (TPSA) is 119 Å². The molecule has 0 spiro atoms. The number of carbonyl (C=O) groups excluding carboxylic acids is 3. The molecule has 1 N–H and O–H groups in total. The fourth-order valence-electron chi connectivity index (χ4n) is 3.95. The number of anilines is 1. The summed E-state index contributed by atoms with van der Waals surface area (Å²) in [4.78, 5) is 40.9. The van der Waals surface area contributed by atoms with Gasteiger partial charge in [-0.3, -0.25) is 14.3 Å². The zero-order valence-electron chi connectivity index (χ0n) is 21.5. The Labute approximate surface area is 219 Å². The average Bonchev–Trinajstić information content (AvgIpc) is 3.54. The number of hydrogen-bond acceptors (Lipinski definition) is 7. The lowest BCUT2D eigenvalue weighted by molar-refractivity contribution is -0.136. The predicted octanol–water partition coefficient (Wildman–Crippen LogP) is 3.62. The van der Waals surface area contributed by atoms with Crippen molar-refractivity contribution in [1.82, 2.24) is 19.6 Å². The molecule has 1 unspecified atom stereocenters. The molecule has 11 nitrogen and oxygen atoms in total. The molecular formula is C26H30FN5O6. The summed E-state index contributed by atoms with van der Waals surface area (Å²) >= 11 is 0. The molecule has 2 aromatic heterocycles. The minimum absolute atomic E-state index is 0.0730. The number of furan rings is 1. The highest BCUT2D eigenvalue weighted by molar-refractivity contribution is 6.02. The van der Waals surface area contributed by atoms with Gasteiger partial charge in [0, 0.05) is 32.4 Å². The summed E-state index contributed by atoms with van der Waals surface area (Å²) in [6.07, 6.45) is 1.23. The zero-order chi connectivity index (χ0) is 27.2. The van der Waals surface area contributed by atoms with Gasteiger partial charge in [0.05, 0.1) is 18.0 Å². The van der Waals surface area contributed by atoms with Gasteiger partial charge in [0.15, 0.2) is 5.76 Å². The van der Waals surface area contributed by atoms with Gasteiger partial charge in [0.25, 0.3) is 5.91 Å². The smallest absolute Gasteiger partial charge is 0.409 e. The van der Waals surface area contributed by atoms with Crippen LogP contribution in [0.1, 0.15) is 41.9 Å². The number of amides is 3. The normalized spacial score (nSPS) is 14.2. The van der Waals surface area contributed by atoms with Gasteiger partial charge in [-0.1, -0.05) is 0 Å². The van der Waals surface area contributed by atoms with Gasteiger partial charge in [-0.2, -0.15) is 5.10 Å². The van der Waals surface area contributed by atoms with Crippen LogP contribution in [0, 0.1) is 12.7 Å². The Balaban J connectivity index is 1.32. The lowest BCUT2D eigenvalue weighted by atomic mass is 10.2. The number of benzene rings is 1. The third kappa shape index (κ3) is 6.31. The van der Waals surface area contributed by atoms with Crippen LogP contribution in [0.2, 0.25) is 0 Å². The summed E-state index contributed by atoms with van der Waals surface area (Å²) in [6, 6.07) is 8.13. The van der Waals surface area contributed by atoms with Crippen LogP contribution >= 0.6 is 0 Å². The molecule has 1 fully saturated rings. The van der Waals surface area contributed by atoms with E-state index in [4.69, 9.17) is 13.9 Å². The third-order valence-corrected chi connectivity index (χ3v) is 6.12. The van der Waals surface area contributed by atoms with Gasteiger partial charge in [-0.15, -0.1) is 0 Å². The van der Waals surface area contributed by atoms with E-state index in [9.17, 15) is 18.8 Å². The molecule has 3 amide bonds. The fraction of sp³-hybridized carbons (Fsp3) is 0.385. The van der Waals surface area contributed by atoms with E-state index in [2.05, 4.69) is 10.4 Å². The van der Waals surface area contributed by atoms with Crippen LogP contribution in [0.5, 0.6) is 5.75 Å². The average molecular weight is 528 g/mol. The van der Waals surface area contributed by atoms with E-state index < -0.39 is 11.9 Å². The van der Waals surface area contributed by atoms with E-state index in [1.807, 2.05) is 0 Å². The van der Waals surface area contributed by atoms with Crippen molar-refractivity contribution in [1.29, 1.82) is 0 Å². The maximum Gasteiger partial charge on any atom is 0.409 e. The Morgan fingerprint density at radius 1 is 1.08 bits per heavy atom. The Bertz CT molecular complexity index is 1280. The molecule has 3 aromatic rings. The number of aromatic nitrogens is 2. The molecule has 38 heavy (non-hydrogen) atoms. The Kier molecular flexibility index (Phi) is 8.29. The van der Waals surface area contributed by atoms with Gasteiger partial charge in [0.2, 0.25) is 5.91 Å². The van der Waals surface area contributed by atoms with E-state index in [1.165, 1.54) is 35.0 Å². The summed E-state index contributed by atoms with van der Waals surface area (Å²) in [7, 11) is 0. The van der Waals surface area contributed by atoms with E-state index in [-0.39, 0.29) is 30.2 Å². The number of carbonyl (C=O) groups is 3. The first-order valence-electron chi connectivity index (χ1n) is 12.3. The minimum Gasteiger partial charge on any atom is -0.486 e. The number of hydrogen-bond donors (Lipinski definition) is 1. The van der Waals surface area contributed by atoms with Crippen LogP contribution in [0.3, 0.4) is 0 Å². The third-order valence-electron chi connectivity index (χ3n) is 6.12. The monoisotopic (exact) mass is 527 g/mol. The number of aryl methyl sites for hydroxylation is 1.